The van der Waals surface area contributed by atoms with E-state index in [-0.39, 0.29) is 24.6 Å². The maximum atomic E-state index is 9.40. The third kappa shape index (κ3) is 18.4. The van der Waals surface area contributed by atoms with Crippen LogP contribution < -0.4 is 0 Å². The first-order chi connectivity index (χ1) is 25.6. The number of fused-ring (bicyclic) bond motifs is 1. The van der Waals surface area contributed by atoms with Crippen molar-refractivity contribution in [2.24, 2.45) is 5.41 Å². The monoisotopic (exact) mass is 724 g/mol. The van der Waals surface area contributed by atoms with Crippen LogP contribution in [0.15, 0.2) is 48.6 Å². The van der Waals surface area contributed by atoms with E-state index in [1.807, 2.05) is 0 Å². The highest BCUT2D eigenvalue weighted by molar-refractivity contribution is 5.07. The molecule has 1 heterocycles. The van der Waals surface area contributed by atoms with Crippen LogP contribution in [0.1, 0.15) is 206 Å². The minimum absolute atomic E-state index is 0.222. The maximum Gasteiger partial charge on any atom is 0.170 e. The Bertz CT molecular complexity index is 912. The van der Waals surface area contributed by atoms with E-state index >= 15 is 0 Å². The van der Waals surface area contributed by atoms with Crippen molar-refractivity contribution in [2.45, 2.75) is 231 Å². The van der Waals surface area contributed by atoms with Crippen LogP contribution in [0.2, 0.25) is 0 Å². The van der Waals surface area contributed by atoms with Crippen molar-refractivity contribution in [2.75, 3.05) is 20.2 Å². The Balaban J connectivity index is 1.28. The lowest BCUT2D eigenvalue weighted by molar-refractivity contribution is -0.281. The van der Waals surface area contributed by atoms with E-state index in [4.69, 9.17) is 9.47 Å². The smallest absolute Gasteiger partial charge is 0.170 e. The number of allylic oxidation sites excluding steroid dienone is 8. The van der Waals surface area contributed by atoms with Crippen molar-refractivity contribution in [3.63, 3.8) is 0 Å². The number of rotatable bonds is 33. The van der Waals surface area contributed by atoms with Gasteiger partial charge in [0.2, 0.25) is 0 Å². The van der Waals surface area contributed by atoms with Gasteiger partial charge in [-0.1, -0.05) is 152 Å². The van der Waals surface area contributed by atoms with Gasteiger partial charge >= 0.3 is 0 Å². The molecule has 3 atom stereocenters. The first-order valence-corrected chi connectivity index (χ1v) is 22.8. The van der Waals surface area contributed by atoms with Crippen LogP contribution in [0.25, 0.3) is 0 Å². The van der Waals surface area contributed by atoms with Crippen molar-refractivity contribution in [1.82, 2.24) is 4.90 Å². The molecule has 4 heteroatoms. The van der Waals surface area contributed by atoms with Crippen molar-refractivity contribution in [1.29, 1.82) is 0 Å². The number of unbranched alkanes of at least 4 members (excludes halogenated alkanes) is 18. The van der Waals surface area contributed by atoms with Gasteiger partial charge in [-0.2, -0.15) is 0 Å². The second-order valence-electron chi connectivity index (χ2n) is 17.1. The summed E-state index contributed by atoms with van der Waals surface area (Å²) >= 11 is 0. The largest absolute Gasteiger partial charge is 0.395 e. The molecule has 0 aromatic heterocycles. The van der Waals surface area contributed by atoms with E-state index in [2.05, 4.69) is 74.4 Å². The van der Waals surface area contributed by atoms with Crippen LogP contribution in [-0.2, 0) is 9.47 Å². The summed E-state index contributed by atoms with van der Waals surface area (Å²) in [6, 6.07) is 0.473. The molecule has 3 rings (SSSR count). The lowest BCUT2D eigenvalue weighted by Crippen LogP contribution is -2.53. The Kier molecular flexibility index (Phi) is 24.5. The summed E-state index contributed by atoms with van der Waals surface area (Å²) in [5.41, 5.74) is 0.427. The highest BCUT2D eigenvalue weighted by Gasteiger charge is 2.63. The molecule has 2 aliphatic carbocycles. The summed E-state index contributed by atoms with van der Waals surface area (Å²) in [4.78, 5) is 2.29. The zero-order valence-corrected chi connectivity index (χ0v) is 34.7. The van der Waals surface area contributed by atoms with Gasteiger partial charge in [0, 0.05) is 25.4 Å². The molecular formula is C48H85NO3. The Morgan fingerprint density at radius 3 is 1.33 bits per heavy atom. The standard InChI is InChI=1S/C48H85NO3/c1-4-6-8-10-12-14-16-18-20-22-24-26-28-30-32-34-36-47(37-35-33-31-29-27-25-23-21-19-17-15-13-11-9-7-5-2)42-48(43-47)51-45-40-44(41-46(45)52-48)49(3)38-39-50/h12-15,18-21,44-46,50H,4-11,16-17,22-43H2,1-3H3/b14-12-,15-13-,20-18-,21-19-/t44?,45-,46+. The summed E-state index contributed by atoms with van der Waals surface area (Å²) in [5, 5.41) is 9.40. The minimum atomic E-state index is -0.299. The fourth-order valence-electron chi connectivity index (χ4n) is 9.18. The van der Waals surface area contributed by atoms with Gasteiger partial charge in [0.1, 0.15) is 0 Å². The van der Waals surface area contributed by atoms with Crippen LogP contribution in [0, 0.1) is 5.41 Å². The molecule has 1 saturated heterocycles. The molecule has 300 valence electrons. The van der Waals surface area contributed by atoms with Gasteiger partial charge in [-0.05, 0) is 102 Å². The van der Waals surface area contributed by atoms with Crippen molar-refractivity contribution >= 4 is 0 Å². The van der Waals surface area contributed by atoms with Crippen LogP contribution >= 0.6 is 0 Å². The molecule has 2 saturated carbocycles. The summed E-state index contributed by atoms with van der Waals surface area (Å²) in [6.07, 6.45) is 58.1. The van der Waals surface area contributed by atoms with E-state index in [1.54, 1.807) is 0 Å². The normalized spacial score (nSPS) is 22.4. The maximum absolute atomic E-state index is 9.40. The molecule has 1 spiro atoms. The average molecular weight is 724 g/mol. The van der Waals surface area contributed by atoms with E-state index in [9.17, 15) is 5.11 Å². The van der Waals surface area contributed by atoms with Gasteiger partial charge < -0.3 is 19.5 Å². The topological polar surface area (TPSA) is 41.9 Å². The summed E-state index contributed by atoms with van der Waals surface area (Å²) in [5.74, 6) is -0.299. The van der Waals surface area contributed by atoms with Gasteiger partial charge in [-0.15, -0.1) is 0 Å². The SMILES string of the molecule is CCCCC/C=C\C/C=C\CCCCCCCCC1(CCCCCCCC/C=C\C/C=C\CCCCC)CC2(C1)O[C@H]1CC(N(C)CCO)C[C@H]1O2. The van der Waals surface area contributed by atoms with E-state index in [0.717, 1.165) is 45.1 Å². The fraction of sp³-hybridized carbons (Fsp3) is 0.833. The molecule has 0 amide bonds. The summed E-state index contributed by atoms with van der Waals surface area (Å²) in [7, 11) is 2.13. The van der Waals surface area contributed by atoms with Crippen LogP contribution in [0.5, 0.6) is 0 Å². The summed E-state index contributed by atoms with van der Waals surface area (Å²) in [6.45, 7) is 5.50. The average Bonchev–Trinajstić information content (AvgIpc) is 3.68. The van der Waals surface area contributed by atoms with Gasteiger partial charge in [0.05, 0.1) is 18.8 Å². The van der Waals surface area contributed by atoms with Crippen LogP contribution in [-0.4, -0.2) is 54.2 Å². The van der Waals surface area contributed by atoms with Crippen LogP contribution in [0.3, 0.4) is 0 Å². The molecular weight excluding hydrogens is 639 g/mol. The molecule has 1 N–H and O–H groups in total. The Labute approximate surface area is 323 Å². The Morgan fingerprint density at radius 1 is 0.538 bits per heavy atom. The molecule has 52 heavy (non-hydrogen) atoms. The number of hydrogen-bond acceptors (Lipinski definition) is 4. The first kappa shape index (κ1) is 45.2. The van der Waals surface area contributed by atoms with Gasteiger partial charge in [0.25, 0.3) is 0 Å². The second-order valence-corrected chi connectivity index (χ2v) is 17.1. The Morgan fingerprint density at radius 2 is 0.923 bits per heavy atom. The third-order valence-electron chi connectivity index (χ3n) is 12.3. The number of aliphatic hydroxyl groups excluding tert-OH is 1. The number of hydrogen-bond donors (Lipinski definition) is 1. The number of likely N-dealkylation sites (N-methyl/N-ethyl adjacent to an activating group) is 1. The zero-order valence-electron chi connectivity index (χ0n) is 34.7. The van der Waals surface area contributed by atoms with Gasteiger partial charge in [0.15, 0.2) is 5.79 Å². The molecule has 0 bridgehead atoms. The molecule has 4 nitrogen and oxygen atoms in total. The van der Waals surface area contributed by atoms with E-state index in [1.165, 1.54) is 154 Å². The molecule has 0 aromatic carbocycles. The van der Waals surface area contributed by atoms with Crippen molar-refractivity contribution in [3.05, 3.63) is 48.6 Å². The lowest BCUT2D eigenvalue weighted by atomic mass is 9.59. The molecule has 0 aromatic rings. The molecule has 3 aliphatic rings. The van der Waals surface area contributed by atoms with Gasteiger partial charge in [-0.25, -0.2) is 0 Å². The minimum Gasteiger partial charge on any atom is -0.395 e. The zero-order chi connectivity index (χ0) is 37.0. The van der Waals surface area contributed by atoms with Crippen molar-refractivity contribution in [3.8, 4) is 0 Å². The first-order valence-electron chi connectivity index (χ1n) is 22.8. The van der Waals surface area contributed by atoms with Gasteiger partial charge in [-0.3, -0.25) is 0 Å². The number of aliphatic hydroxyl groups is 1. The molecule has 0 radical (unpaired) electrons. The molecule has 1 unspecified atom stereocenters. The number of ether oxygens (including phenoxy) is 2. The molecule has 3 fully saturated rings. The highest BCUT2D eigenvalue weighted by atomic mass is 16.8. The van der Waals surface area contributed by atoms with Crippen LogP contribution in [0.4, 0.5) is 0 Å². The molecule has 1 aliphatic heterocycles. The van der Waals surface area contributed by atoms with Crippen molar-refractivity contribution < 1.29 is 14.6 Å². The highest BCUT2D eigenvalue weighted by Crippen LogP contribution is 2.61. The quantitative estimate of drug-likeness (QED) is 0.0541. The third-order valence-corrected chi connectivity index (χ3v) is 12.3. The fourth-order valence-corrected chi connectivity index (χ4v) is 9.18. The second kappa shape index (κ2) is 28.2. The van der Waals surface area contributed by atoms with E-state index in [0.29, 0.717) is 11.5 Å². The lowest BCUT2D eigenvalue weighted by Gasteiger charge is -2.54. The summed E-state index contributed by atoms with van der Waals surface area (Å²) < 4.78 is 13.5. The Hall–Kier alpha value is -1.20. The van der Waals surface area contributed by atoms with E-state index < -0.39 is 0 Å². The predicted molar refractivity (Wildman–Crippen MR) is 225 cm³/mol. The number of nitrogens with zero attached hydrogens (tertiary/aromatic N) is 1. The predicted octanol–water partition coefficient (Wildman–Crippen LogP) is 13.7.